The maximum atomic E-state index is 13.3. The zero-order valence-electron chi connectivity index (χ0n) is 11.8. The lowest BCUT2D eigenvalue weighted by molar-refractivity contribution is -0.137. The second-order valence-corrected chi connectivity index (χ2v) is 5.15. The predicted octanol–water partition coefficient (Wildman–Crippen LogP) is 3.88. The van der Waals surface area contributed by atoms with Crippen molar-refractivity contribution >= 4 is 11.6 Å². The summed E-state index contributed by atoms with van der Waals surface area (Å²) in [5.41, 5.74) is 0.802. The fourth-order valence-corrected chi connectivity index (χ4v) is 2.29. The Hall–Kier alpha value is -1.53. The molecule has 1 aromatic carbocycles. The van der Waals surface area contributed by atoms with E-state index in [9.17, 15) is 13.2 Å². The van der Waals surface area contributed by atoms with Crippen LogP contribution >= 0.6 is 11.6 Å². The van der Waals surface area contributed by atoms with Gasteiger partial charge in [0.2, 0.25) is 0 Å². The lowest BCUT2D eigenvalue weighted by Crippen LogP contribution is -2.14. The van der Waals surface area contributed by atoms with Crippen LogP contribution in [0, 0.1) is 13.8 Å². The Morgan fingerprint density at radius 1 is 1.29 bits per heavy atom. The van der Waals surface area contributed by atoms with Gasteiger partial charge in [-0.3, -0.25) is 0 Å². The molecule has 0 spiro atoms. The van der Waals surface area contributed by atoms with E-state index in [1.807, 2.05) is 0 Å². The number of rotatable bonds is 3. The van der Waals surface area contributed by atoms with E-state index >= 15 is 0 Å². The first kappa shape index (κ1) is 15.9. The maximum absolute atomic E-state index is 13.3. The van der Waals surface area contributed by atoms with Crippen LogP contribution in [0.3, 0.4) is 0 Å². The fraction of sp³-hybridized carbons (Fsp3) is 0.357. The summed E-state index contributed by atoms with van der Waals surface area (Å²) in [4.78, 5) is 0. The number of hydrogen-bond acceptors (Lipinski definition) is 2. The third kappa shape index (κ3) is 3.06. The summed E-state index contributed by atoms with van der Waals surface area (Å²) >= 11 is 6.02. The molecule has 0 aliphatic rings. The van der Waals surface area contributed by atoms with E-state index in [0.717, 1.165) is 6.07 Å². The highest BCUT2D eigenvalue weighted by molar-refractivity contribution is 6.31. The summed E-state index contributed by atoms with van der Waals surface area (Å²) in [5.74, 6) is 0. The average Bonchev–Trinajstić information content (AvgIpc) is 2.66. The van der Waals surface area contributed by atoms with Crippen molar-refractivity contribution in [3.05, 3.63) is 45.7 Å². The van der Waals surface area contributed by atoms with Gasteiger partial charge in [-0.25, -0.2) is 4.68 Å². The third-order valence-corrected chi connectivity index (χ3v) is 3.73. The van der Waals surface area contributed by atoms with Gasteiger partial charge in [0.15, 0.2) is 0 Å². The minimum absolute atomic E-state index is 0.0187. The van der Waals surface area contributed by atoms with E-state index in [2.05, 4.69) is 10.4 Å². The van der Waals surface area contributed by atoms with Crippen molar-refractivity contribution in [1.29, 1.82) is 0 Å². The van der Waals surface area contributed by atoms with Crippen molar-refractivity contribution in [1.82, 2.24) is 15.1 Å². The molecule has 3 nitrogen and oxygen atoms in total. The largest absolute Gasteiger partial charge is 0.418 e. The Morgan fingerprint density at radius 3 is 2.43 bits per heavy atom. The topological polar surface area (TPSA) is 29.9 Å². The monoisotopic (exact) mass is 317 g/mol. The number of alkyl halides is 3. The third-order valence-electron chi connectivity index (χ3n) is 3.18. The van der Waals surface area contributed by atoms with Crippen molar-refractivity contribution in [2.24, 2.45) is 0 Å². The number of nitrogens with zero attached hydrogens (tertiary/aromatic N) is 2. The molecule has 1 heterocycles. The van der Waals surface area contributed by atoms with E-state index in [0.29, 0.717) is 28.5 Å². The van der Waals surface area contributed by atoms with Gasteiger partial charge in [0.1, 0.15) is 0 Å². The molecule has 0 atom stereocenters. The molecule has 0 amide bonds. The number of aryl methyl sites for hydroxylation is 1. The van der Waals surface area contributed by atoms with E-state index in [-0.39, 0.29) is 5.69 Å². The van der Waals surface area contributed by atoms with Gasteiger partial charge in [0.05, 0.1) is 27.7 Å². The summed E-state index contributed by atoms with van der Waals surface area (Å²) in [6.07, 6.45) is -4.46. The first-order valence-corrected chi connectivity index (χ1v) is 6.70. The minimum atomic E-state index is -4.46. The summed E-state index contributed by atoms with van der Waals surface area (Å²) < 4.78 is 41.1. The summed E-state index contributed by atoms with van der Waals surface area (Å²) in [6.45, 7) is 3.67. The smallest absolute Gasteiger partial charge is 0.316 e. The molecule has 1 aromatic heterocycles. The van der Waals surface area contributed by atoms with Gasteiger partial charge in [0.25, 0.3) is 0 Å². The van der Waals surface area contributed by atoms with Crippen LogP contribution in [0.4, 0.5) is 13.2 Å². The van der Waals surface area contributed by atoms with E-state index in [4.69, 9.17) is 11.6 Å². The van der Waals surface area contributed by atoms with Crippen molar-refractivity contribution < 1.29 is 13.2 Å². The zero-order chi connectivity index (χ0) is 15.8. The van der Waals surface area contributed by atoms with Gasteiger partial charge in [-0.1, -0.05) is 17.7 Å². The van der Waals surface area contributed by atoms with Gasteiger partial charge in [0, 0.05) is 6.54 Å². The van der Waals surface area contributed by atoms with Gasteiger partial charge < -0.3 is 5.32 Å². The van der Waals surface area contributed by atoms with Crippen LogP contribution in [0.1, 0.15) is 22.5 Å². The number of nitrogens with one attached hydrogen (secondary N) is 1. The minimum Gasteiger partial charge on any atom is -0.316 e. The molecule has 114 valence electrons. The second-order valence-electron chi connectivity index (χ2n) is 4.78. The Bertz CT molecular complexity index is 662. The normalized spacial score (nSPS) is 12.0. The molecule has 0 saturated heterocycles. The highest BCUT2D eigenvalue weighted by Gasteiger charge is 2.35. The molecule has 1 N–H and O–H groups in total. The van der Waals surface area contributed by atoms with Crippen LogP contribution < -0.4 is 5.32 Å². The predicted molar refractivity (Wildman–Crippen MR) is 75.8 cm³/mol. The quantitative estimate of drug-likeness (QED) is 0.931. The van der Waals surface area contributed by atoms with Crippen LogP contribution in [0.25, 0.3) is 5.69 Å². The Morgan fingerprint density at radius 2 is 1.95 bits per heavy atom. The SMILES string of the molecule is CNCc1ccc(-n2nc(C)c(Cl)c2C)c(C(F)(F)F)c1. The van der Waals surface area contributed by atoms with Gasteiger partial charge in [-0.05, 0) is 38.6 Å². The number of aromatic nitrogens is 2. The first-order chi connectivity index (χ1) is 9.75. The van der Waals surface area contributed by atoms with Gasteiger partial charge in [-0.15, -0.1) is 0 Å². The molecule has 2 rings (SSSR count). The van der Waals surface area contributed by atoms with Crippen LogP contribution in [-0.4, -0.2) is 16.8 Å². The summed E-state index contributed by atoms with van der Waals surface area (Å²) in [7, 11) is 1.68. The lowest BCUT2D eigenvalue weighted by atomic mass is 10.1. The van der Waals surface area contributed by atoms with Gasteiger partial charge in [-0.2, -0.15) is 18.3 Å². The highest BCUT2D eigenvalue weighted by atomic mass is 35.5. The van der Waals surface area contributed by atoms with Crippen molar-refractivity contribution in [3.8, 4) is 5.69 Å². The molecule has 0 radical (unpaired) electrons. The maximum Gasteiger partial charge on any atom is 0.418 e. The van der Waals surface area contributed by atoms with Crippen LogP contribution in [0.2, 0.25) is 5.02 Å². The molecule has 0 saturated carbocycles. The molecule has 21 heavy (non-hydrogen) atoms. The highest BCUT2D eigenvalue weighted by Crippen LogP contribution is 2.35. The molecular weight excluding hydrogens is 303 g/mol. The average molecular weight is 318 g/mol. The zero-order valence-corrected chi connectivity index (χ0v) is 12.6. The molecule has 0 bridgehead atoms. The summed E-state index contributed by atoms with van der Waals surface area (Å²) in [6, 6.07) is 4.20. The second kappa shape index (κ2) is 5.69. The van der Waals surface area contributed by atoms with E-state index in [1.54, 1.807) is 27.0 Å². The van der Waals surface area contributed by atoms with E-state index in [1.165, 1.54) is 10.7 Å². The molecule has 0 aliphatic carbocycles. The van der Waals surface area contributed by atoms with E-state index < -0.39 is 11.7 Å². The number of halogens is 4. The van der Waals surface area contributed by atoms with Crippen LogP contribution in [0.5, 0.6) is 0 Å². The number of hydrogen-bond donors (Lipinski definition) is 1. The fourth-order valence-electron chi connectivity index (χ4n) is 2.17. The molecule has 0 unspecified atom stereocenters. The Kier molecular flexibility index (Phi) is 4.30. The van der Waals surface area contributed by atoms with Crippen molar-refractivity contribution in [2.75, 3.05) is 7.05 Å². The lowest BCUT2D eigenvalue weighted by Gasteiger charge is -2.15. The molecule has 7 heteroatoms. The Labute approximate surface area is 125 Å². The Balaban J connectivity index is 2.65. The van der Waals surface area contributed by atoms with Crippen molar-refractivity contribution in [3.63, 3.8) is 0 Å². The molecule has 0 fully saturated rings. The van der Waals surface area contributed by atoms with Crippen molar-refractivity contribution in [2.45, 2.75) is 26.6 Å². The molecule has 0 aliphatic heterocycles. The summed E-state index contributed by atoms with van der Waals surface area (Å²) in [5, 5.41) is 7.31. The standard InChI is InChI=1S/C14H15ClF3N3/c1-8-13(15)9(2)21(20-8)12-5-4-10(7-19-3)6-11(12)14(16,17)18/h4-6,19H,7H2,1-3H3. The molecule has 2 aromatic rings. The van der Waals surface area contributed by atoms with Crippen LogP contribution in [-0.2, 0) is 12.7 Å². The molecular formula is C14H15ClF3N3. The first-order valence-electron chi connectivity index (χ1n) is 6.32. The van der Waals surface area contributed by atoms with Gasteiger partial charge >= 0.3 is 6.18 Å². The van der Waals surface area contributed by atoms with Crippen LogP contribution in [0.15, 0.2) is 18.2 Å². The number of benzene rings is 1.